The van der Waals surface area contributed by atoms with Crippen molar-refractivity contribution in [3.63, 3.8) is 0 Å². The highest BCUT2D eigenvalue weighted by atomic mass is 32.1. The lowest BCUT2D eigenvalue weighted by molar-refractivity contribution is -0.137. The molecular formula is C18H16F3N3O3S. The van der Waals surface area contributed by atoms with Gasteiger partial charge in [0.05, 0.1) is 10.4 Å². The van der Waals surface area contributed by atoms with Gasteiger partial charge in [-0.2, -0.15) is 18.2 Å². The highest BCUT2D eigenvalue weighted by molar-refractivity contribution is 7.12. The Morgan fingerprint density at radius 2 is 2.11 bits per heavy atom. The normalized spacial score (nSPS) is 11.4. The van der Waals surface area contributed by atoms with Gasteiger partial charge < -0.3 is 14.2 Å². The maximum atomic E-state index is 12.7. The van der Waals surface area contributed by atoms with Crippen LogP contribution >= 0.6 is 11.3 Å². The zero-order valence-corrected chi connectivity index (χ0v) is 15.6. The van der Waals surface area contributed by atoms with Gasteiger partial charge in [0.2, 0.25) is 0 Å². The zero-order chi connectivity index (χ0) is 20.1. The summed E-state index contributed by atoms with van der Waals surface area (Å²) in [5, 5.41) is 5.63. The van der Waals surface area contributed by atoms with Gasteiger partial charge in [-0.25, -0.2) is 0 Å². The number of halogens is 3. The molecule has 3 rings (SSSR count). The summed E-state index contributed by atoms with van der Waals surface area (Å²) in [6, 6.07) is 8.10. The minimum Gasteiger partial charge on any atom is -0.484 e. The number of nitrogens with zero attached hydrogens (tertiary/aromatic N) is 3. The Hall–Kier alpha value is -2.88. The first-order valence-corrected chi connectivity index (χ1v) is 9.11. The van der Waals surface area contributed by atoms with Crippen LogP contribution in [0.5, 0.6) is 5.75 Å². The third kappa shape index (κ3) is 5.10. The van der Waals surface area contributed by atoms with Crippen molar-refractivity contribution in [3.8, 4) is 5.75 Å². The average Bonchev–Trinajstić information content (AvgIpc) is 3.35. The summed E-state index contributed by atoms with van der Waals surface area (Å²) in [6.07, 6.45) is -4.07. The van der Waals surface area contributed by atoms with Crippen LogP contribution < -0.4 is 4.74 Å². The van der Waals surface area contributed by atoms with E-state index in [2.05, 4.69) is 10.1 Å². The summed E-state index contributed by atoms with van der Waals surface area (Å²) in [6.45, 7) is 0.239. The molecule has 1 amide bonds. The molecule has 0 spiro atoms. The SMILES string of the molecule is CN(CCc1noc(COc2cccc(C(F)(F)F)c2)n1)C(=O)c1cccs1. The van der Waals surface area contributed by atoms with Gasteiger partial charge in [0.1, 0.15) is 5.75 Å². The second-order valence-corrected chi connectivity index (χ2v) is 6.82. The second kappa shape index (κ2) is 8.42. The maximum absolute atomic E-state index is 12.7. The van der Waals surface area contributed by atoms with Crippen molar-refractivity contribution in [1.29, 1.82) is 0 Å². The number of rotatable bonds is 7. The van der Waals surface area contributed by atoms with Crippen LogP contribution in [0.15, 0.2) is 46.3 Å². The summed E-state index contributed by atoms with van der Waals surface area (Å²) in [4.78, 5) is 18.5. The molecule has 0 radical (unpaired) electrons. The van der Waals surface area contributed by atoms with Gasteiger partial charge >= 0.3 is 6.18 Å². The van der Waals surface area contributed by atoms with Crippen LogP contribution in [0, 0.1) is 0 Å². The number of carbonyl (C=O) groups excluding carboxylic acids is 1. The van der Waals surface area contributed by atoms with Crippen LogP contribution in [0.2, 0.25) is 0 Å². The highest BCUT2D eigenvalue weighted by Crippen LogP contribution is 2.31. The number of thiophene rings is 1. The van der Waals surface area contributed by atoms with Gasteiger partial charge in [0.25, 0.3) is 11.8 Å². The van der Waals surface area contributed by atoms with Crippen LogP contribution in [0.3, 0.4) is 0 Å². The Morgan fingerprint density at radius 1 is 1.29 bits per heavy atom. The van der Waals surface area contributed by atoms with E-state index in [4.69, 9.17) is 9.26 Å². The van der Waals surface area contributed by atoms with Crippen LogP contribution in [-0.2, 0) is 19.2 Å². The number of ether oxygens (including phenoxy) is 1. The number of amides is 1. The Morgan fingerprint density at radius 3 is 2.82 bits per heavy atom. The van der Waals surface area contributed by atoms with E-state index in [9.17, 15) is 18.0 Å². The molecule has 0 atom stereocenters. The summed E-state index contributed by atoms with van der Waals surface area (Å²) in [5.74, 6) is 0.482. The summed E-state index contributed by atoms with van der Waals surface area (Å²) >= 11 is 1.36. The number of hydrogen-bond donors (Lipinski definition) is 0. The minimum atomic E-state index is -4.44. The summed E-state index contributed by atoms with van der Waals surface area (Å²) < 4.78 is 48.5. The van der Waals surface area contributed by atoms with Crippen LogP contribution in [-0.4, -0.2) is 34.5 Å². The molecule has 10 heteroatoms. The second-order valence-electron chi connectivity index (χ2n) is 5.87. The van der Waals surface area contributed by atoms with E-state index in [1.54, 1.807) is 18.0 Å². The average molecular weight is 411 g/mol. The standard InChI is InChI=1S/C18H16F3N3O3S/c1-24(17(25)14-6-3-9-28-14)8-7-15-22-16(27-23-15)11-26-13-5-2-4-12(10-13)18(19,20)21/h2-6,9-10H,7-8,11H2,1H3. The number of benzene rings is 1. The van der Waals surface area contributed by atoms with Crippen molar-refractivity contribution < 1.29 is 27.2 Å². The Bertz CT molecular complexity index is 926. The third-order valence-electron chi connectivity index (χ3n) is 3.78. The molecule has 0 N–H and O–H groups in total. The predicted molar refractivity (Wildman–Crippen MR) is 95.1 cm³/mol. The number of hydrogen-bond acceptors (Lipinski definition) is 6. The molecule has 0 aliphatic heterocycles. The van der Waals surface area contributed by atoms with Crippen LogP contribution in [0.4, 0.5) is 13.2 Å². The molecule has 1 aromatic carbocycles. The minimum absolute atomic E-state index is 0.0517. The zero-order valence-electron chi connectivity index (χ0n) is 14.8. The van der Waals surface area contributed by atoms with Gasteiger partial charge in [-0.3, -0.25) is 4.79 Å². The van der Waals surface area contributed by atoms with Gasteiger partial charge in [0.15, 0.2) is 12.4 Å². The molecule has 148 valence electrons. The van der Waals surface area contributed by atoms with Gasteiger partial charge in [0, 0.05) is 20.0 Å². The van der Waals surface area contributed by atoms with Crippen molar-refractivity contribution in [2.45, 2.75) is 19.2 Å². The monoisotopic (exact) mass is 411 g/mol. The lowest BCUT2D eigenvalue weighted by atomic mass is 10.2. The fraction of sp³-hybridized carbons (Fsp3) is 0.278. The fourth-order valence-corrected chi connectivity index (χ4v) is 3.03. The molecule has 2 heterocycles. The Kier molecular flexibility index (Phi) is 5.98. The Labute approximate surface area is 162 Å². The summed E-state index contributed by atoms with van der Waals surface area (Å²) in [5.41, 5.74) is -0.797. The summed E-state index contributed by atoms with van der Waals surface area (Å²) in [7, 11) is 1.68. The largest absolute Gasteiger partial charge is 0.484 e. The van der Waals surface area contributed by atoms with Crippen LogP contribution in [0.1, 0.15) is 27.0 Å². The smallest absolute Gasteiger partial charge is 0.416 e. The highest BCUT2D eigenvalue weighted by Gasteiger charge is 2.30. The molecule has 0 fully saturated rings. The molecule has 6 nitrogen and oxygen atoms in total. The molecule has 0 aliphatic rings. The van der Waals surface area contributed by atoms with E-state index in [1.807, 2.05) is 11.4 Å². The molecule has 0 saturated carbocycles. The van der Waals surface area contributed by atoms with E-state index in [0.717, 1.165) is 12.1 Å². The lowest BCUT2D eigenvalue weighted by Gasteiger charge is -2.14. The quantitative estimate of drug-likeness (QED) is 0.587. The Balaban J connectivity index is 1.51. The van der Waals surface area contributed by atoms with Crippen molar-refractivity contribution >= 4 is 17.2 Å². The molecule has 2 aromatic heterocycles. The van der Waals surface area contributed by atoms with Crippen LogP contribution in [0.25, 0.3) is 0 Å². The van der Waals surface area contributed by atoms with E-state index < -0.39 is 11.7 Å². The number of aromatic nitrogens is 2. The number of likely N-dealkylation sites (N-methyl/N-ethyl adjacent to an activating group) is 1. The fourth-order valence-electron chi connectivity index (χ4n) is 2.32. The maximum Gasteiger partial charge on any atom is 0.416 e. The lowest BCUT2D eigenvalue weighted by Crippen LogP contribution is -2.28. The molecule has 0 bridgehead atoms. The number of carbonyl (C=O) groups is 1. The van der Waals surface area contributed by atoms with Crippen molar-refractivity contribution in [3.05, 3.63) is 63.9 Å². The molecular weight excluding hydrogens is 395 g/mol. The van der Waals surface area contributed by atoms with Gasteiger partial charge in [-0.05, 0) is 29.6 Å². The topological polar surface area (TPSA) is 68.5 Å². The van der Waals surface area contributed by atoms with Gasteiger partial charge in [-0.15, -0.1) is 11.3 Å². The third-order valence-corrected chi connectivity index (χ3v) is 4.64. The van der Waals surface area contributed by atoms with Crippen molar-refractivity contribution in [1.82, 2.24) is 15.0 Å². The van der Waals surface area contributed by atoms with E-state index >= 15 is 0 Å². The molecule has 0 unspecified atom stereocenters. The van der Waals surface area contributed by atoms with Crippen molar-refractivity contribution in [2.24, 2.45) is 0 Å². The first kappa shape index (κ1) is 19.9. The van der Waals surface area contributed by atoms with Crippen molar-refractivity contribution in [2.75, 3.05) is 13.6 Å². The number of alkyl halides is 3. The van der Waals surface area contributed by atoms with Gasteiger partial charge in [-0.1, -0.05) is 17.3 Å². The first-order valence-electron chi connectivity index (χ1n) is 8.23. The molecule has 3 aromatic rings. The molecule has 28 heavy (non-hydrogen) atoms. The predicted octanol–water partition coefficient (Wildman–Crippen LogP) is 4.04. The molecule has 0 aliphatic carbocycles. The van der Waals surface area contributed by atoms with E-state index in [1.165, 1.54) is 23.5 Å². The van der Waals surface area contributed by atoms with E-state index in [0.29, 0.717) is 23.7 Å². The first-order chi connectivity index (χ1) is 13.3. The van der Waals surface area contributed by atoms with E-state index in [-0.39, 0.29) is 24.2 Å². The molecule has 0 saturated heterocycles.